The molecule has 0 spiro atoms. The van der Waals surface area contributed by atoms with Crippen LogP contribution in [0.4, 0.5) is 17.6 Å². The van der Waals surface area contributed by atoms with Crippen molar-refractivity contribution >= 4 is 0 Å². The predicted molar refractivity (Wildman–Crippen MR) is 124 cm³/mol. The molecule has 0 radical (unpaired) electrons. The molecule has 0 saturated carbocycles. The van der Waals surface area contributed by atoms with E-state index in [1.807, 2.05) is 37.3 Å². The van der Waals surface area contributed by atoms with Gasteiger partial charge in [-0.1, -0.05) is 77.9 Å². The first kappa shape index (κ1) is 26.3. The molecular weight excluding hydrogens is 663 g/mol. The Labute approximate surface area is 224 Å². The monoisotopic (exact) mass is 679 g/mol. The van der Waals surface area contributed by atoms with E-state index >= 15 is 0 Å². The van der Waals surface area contributed by atoms with Crippen LogP contribution >= 0.6 is 0 Å². The van der Waals surface area contributed by atoms with Crippen LogP contribution in [0.15, 0.2) is 78.9 Å². The van der Waals surface area contributed by atoms with Gasteiger partial charge in [0.1, 0.15) is 23.8 Å². The zero-order valence-corrected chi connectivity index (χ0v) is 21.4. The molecular formula is C28H16F4N4Pt. The van der Waals surface area contributed by atoms with Crippen molar-refractivity contribution in [2.45, 2.75) is 12.3 Å². The van der Waals surface area contributed by atoms with Gasteiger partial charge in [0, 0.05) is 11.4 Å². The Morgan fingerprint density at radius 3 is 1.49 bits per heavy atom. The first-order valence-corrected chi connectivity index (χ1v) is 10.8. The maximum Gasteiger partial charge on any atom is 2.00 e. The summed E-state index contributed by atoms with van der Waals surface area (Å²) >= 11 is 0. The second kappa shape index (κ2) is 10.7. The third kappa shape index (κ3) is 5.07. The zero-order chi connectivity index (χ0) is 25.3. The van der Waals surface area contributed by atoms with E-state index in [1.54, 1.807) is 36.4 Å². The number of rotatable bonds is 5. The normalized spacial score (nSPS) is 11.2. The molecule has 0 amide bonds. The minimum atomic E-state index is -1.03. The first-order valence-electron chi connectivity index (χ1n) is 10.8. The number of hydrogen-bond acceptors (Lipinski definition) is 4. The topological polar surface area (TPSA) is 51.6 Å². The van der Waals surface area contributed by atoms with E-state index in [1.165, 1.54) is 0 Å². The van der Waals surface area contributed by atoms with Crippen LogP contribution in [0.25, 0.3) is 22.5 Å². The quantitative estimate of drug-likeness (QED) is 0.128. The van der Waals surface area contributed by atoms with Gasteiger partial charge in [-0.2, -0.15) is 0 Å². The average molecular weight is 680 g/mol. The van der Waals surface area contributed by atoms with Gasteiger partial charge >= 0.3 is 21.1 Å². The van der Waals surface area contributed by atoms with Crippen molar-refractivity contribution in [1.82, 2.24) is 19.9 Å². The molecule has 0 unspecified atom stereocenters. The zero-order valence-electron chi connectivity index (χ0n) is 19.1. The van der Waals surface area contributed by atoms with Crippen LogP contribution in [0.3, 0.4) is 0 Å². The largest absolute Gasteiger partial charge is 2.00 e. The van der Waals surface area contributed by atoms with E-state index < -0.39 is 29.2 Å². The smallest absolute Gasteiger partial charge is 0.300 e. The summed E-state index contributed by atoms with van der Waals surface area (Å²) < 4.78 is 55.5. The molecule has 37 heavy (non-hydrogen) atoms. The van der Waals surface area contributed by atoms with Gasteiger partial charge in [-0.3, -0.25) is 19.9 Å². The van der Waals surface area contributed by atoms with E-state index in [0.717, 1.165) is 17.7 Å². The molecule has 0 aliphatic heterocycles. The van der Waals surface area contributed by atoms with Gasteiger partial charge in [0.05, 0.1) is 5.41 Å². The van der Waals surface area contributed by atoms with Crippen LogP contribution in [-0.4, -0.2) is 19.9 Å². The van der Waals surface area contributed by atoms with E-state index in [0.29, 0.717) is 11.4 Å². The molecule has 0 aliphatic carbocycles. The molecule has 5 aromatic rings. The molecule has 0 N–H and O–H groups in total. The molecule has 5 rings (SSSR count). The van der Waals surface area contributed by atoms with Crippen molar-refractivity contribution in [3.05, 3.63) is 132 Å². The summed E-state index contributed by atoms with van der Waals surface area (Å²) in [5.41, 5.74) is 1.07. The second-order valence-corrected chi connectivity index (χ2v) is 8.09. The molecule has 0 atom stereocenters. The van der Waals surface area contributed by atoms with Crippen molar-refractivity contribution in [3.8, 4) is 22.5 Å². The van der Waals surface area contributed by atoms with Crippen LogP contribution in [0, 0.1) is 35.9 Å². The van der Waals surface area contributed by atoms with E-state index in [-0.39, 0.29) is 43.6 Å². The van der Waals surface area contributed by atoms with E-state index in [2.05, 4.69) is 32.1 Å². The Hall–Kier alpha value is -3.77. The van der Waals surface area contributed by atoms with Crippen LogP contribution in [0.2, 0.25) is 0 Å². The van der Waals surface area contributed by atoms with Gasteiger partial charge in [0.15, 0.2) is 0 Å². The molecule has 4 nitrogen and oxygen atoms in total. The number of benzene rings is 1. The summed E-state index contributed by atoms with van der Waals surface area (Å²) in [7, 11) is 0. The predicted octanol–water partition coefficient (Wildman–Crippen LogP) is 6.11. The third-order valence-electron chi connectivity index (χ3n) is 5.88. The van der Waals surface area contributed by atoms with Crippen LogP contribution in [-0.2, 0) is 26.5 Å². The number of aromatic nitrogens is 4. The van der Waals surface area contributed by atoms with E-state index in [4.69, 9.17) is 0 Å². The fourth-order valence-corrected chi connectivity index (χ4v) is 4.01. The fraction of sp³-hybridized carbons (Fsp3) is 0.0714. The summed E-state index contributed by atoms with van der Waals surface area (Å²) in [5.74, 6) is -4.03. The van der Waals surface area contributed by atoms with E-state index in [9.17, 15) is 17.6 Å². The summed E-state index contributed by atoms with van der Waals surface area (Å²) in [6.07, 6.45) is 0. The summed E-state index contributed by atoms with van der Waals surface area (Å²) in [5, 5.41) is 0. The van der Waals surface area contributed by atoms with Gasteiger partial charge in [0.25, 0.3) is 0 Å². The molecule has 0 aliphatic rings. The molecule has 4 heterocycles. The molecule has 0 saturated heterocycles. The molecule has 9 heteroatoms. The van der Waals surface area contributed by atoms with Crippen LogP contribution < -0.4 is 0 Å². The Balaban J connectivity index is 0.00000320. The van der Waals surface area contributed by atoms with Gasteiger partial charge < -0.3 is 0 Å². The van der Waals surface area contributed by atoms with Gasteiger partial charge in [-0.05, 0) is 36.0 Å². The number of pyridine rings is 4. The first-order chi connectivity index (χ1) is 17.4. The summed E-state index contributed by atoms with van der Waals surface area (Å²) in [6.45, 7) is 1.88. The number of halogens is 4. The Morgan fingerprint density at radius 2 is 1.05 bits per heavy atom. The van der Waals surface area contributed by atoms with Crippen molar-refractivity contribution in [1.29, 1.82) is 0 Å². The molecule has 1 aromatic carbocycles. The fourth-order valence-electron chi connectivity index (χ4n) is 4.01. The van der Waals surface area contributed by atoms with Gasteiger partial charge in [-0.15, -0.1) is 12.1 Å². The molecule has 0 fully saturated rings. The average Bonchev–Trinajstić information content (AvgIpc) is 2.89. The van der Waals surface area contributed by atoms with Crippen molar-refractivity contribution < 1.29 is 38.6 Å². The SMILES string of the molecule is CC(c1ccccc1)(c1cccc(-c2[c-]cc(F)nc2F)n1)c1cccc(-c2[c-]cc(F)nc2F)n1.[Pt+2]. The van der Waals surface area contributed by atoms with Crippen molar-refractivity contribution in [2.24, 2.45) is 0 Å². The van der Waals surface area contributed by atoms with Crippen molar-refractivity contribution in [3.63, 3.8) is 0 Å². The van der Waals surface area contributed by atoms with Gasteiger partial charge in [-0.25, -0.2) is 17.6 Å². The number of nitrogens with zero attached hydrogens (tertiary/aromatic N) is 4. The van der Waals surface area contributed by atoms with Crippen molar-refractivity contribution in [2.75, 3.05) is 0 Å². The Morgan fingerprint density at radius 1 is 0.595 bits per heavy atom. The van der Waals surface area contributed by atoms with Crippen LogP contribution in [0.5, 0.6) is 0 Å². The Kier molecular flexibility index (Phi) is 7.60. The maximum absolute atomic E-state index is 14.4. The standard InChI is InChI=1S/C28H16F4N4.Pt/c1-28(17-7-3-2-4-8-17,22-11-5-9-20(33-22)18-13-15-24(29)35-26(18)31)23-12-6-10-21(34-23)19-14-16-25(30)36-27(19)32;/h2-12,15-16H,1H3;/q-2;+2. The Bertz CT molecular complexity index is 1470. The van der Waals surface area contributed by atoms with Gasteiger partial charge in [0.2, 0.25) is 0 Å². The molecule has 0 bridgehead atoms. The minimum absolute atomic E-state index is 0. The maximum atomic E-state index is 14.4. The molecule has 186 valence electrons. The number of hydrogen-bond donors (Lipinski definition) is 0. The molecule has 4 aromatic heterocycles. The van der Waals surface area contributed by atoms with Crippen LogP contribution in [0.1, 0.15) is 23.9 Å². The summed E-state index contributed by atoms with van der Waals surface area (Å²) in [6, 6.07) is 26.4. The summed E-state index contributed by atoms with van der Waals surface area (Å²) in [4.78, 5) is 15.8. The second-order valence-electron chi connectivity index (χ2n) is 8.09. The third-order valence-corrected chi connectivity index (χ3v) is 5.88. The minimum Gasteiger partial charge on any atom is -0.300 e.